The first-order valence-electron chi connectivity index (χ1n) is 11.2. The Morgan fingerprint density at radius 1 is 0.806 bits per heavy atom. The number of allylic oxidation sites excluding steroid dienone is 1. The van der Waals surface area contributed by atoms with Gasteiger partial charge >= 0.3 is 0 Å². The number of nitrogens with zero attached hydrogens (tertiary/aromatic N) is 7. The summed E-state index contributed by atoms with van der Waals surface area (Å²) in [7, 11) is 7.54. The zero-order valence-corrected chi connectivity index (χ0v) is 21.1. The molecule has 3 heterocycles. The molecule has 2 aromatic heterocycles. The van der Waals surface area contributed by atoms with Crippen molar-refractivity contribution >= 4 is 57.8 Å². The summed E-state index contributed by atoms with van der Waals surface area (Å²) in [5.41, 5.74) is 2.44. The van der Waals surface area contributed by atoms with Gasteiger partial charge in [0.15, 0.2) is 5.13 Å². The molecule has 10 nitrogen and oxygen atoms in total. The summed E-state index contributed by atoms with van der Waals surface area (Å²) in [6.45, 7) is 0. The van der Waals surface area contributed by atoms with Gasteiger partial charge in [0.25, 0.3) is 0 Å². The van der Waals surface area contributed by atoms with Crippen LogP contribution in [0.3, 0.4) is 0 Å². The highest BCUT2D eigenvalue weighted by Crippen LogP contribution is 2.32. The molecule has 4 aromatic rings. The number of aromatic hydroxyl groups is 1. The minimum atomic E-state index is -0.0314. The molecule has 0 saturated heterocycles. The summed E-state index contributed by atoms with van der Waals surface area (Å²) >= 11 is 1.35. The van der Waals surface area contributed by atoms with Crippen LogP contribution in [0.4, 0.5) is 34.4 Å². The zero-order chi connectivity index (χ0) is 25.2. The predicted molar refractivity (Wildman–Crippen MR) is 145 cm³/mol. The maximum atomic E-state index is 10.3. The summed E-state index contributed by atoms with van der Waals surface area (Å²) in [6, 6.07) is 15.6. The second-order valence-corrected chi connectivity index (χ2v) is 9.50. The molecule has 2 aromatic carbocycles. The Bertz CT molecular complexity index is 1500. The molecule has 0 radical (unpaired) electrons. The van der Waals surface area contributed by atoms with E-state index in [1.54, 1.807) is 0 Å². The van der Waals surface area contributed by atoms with Crippen LogP contribution < -0.4 is 31.0 Å². The molecule has 0 saturated carbocycles. The van der Waals surface area contributed by atoms with Crippen LogP contribution in [0.5, 0.6) is 5.88 Å². The lowest BCUT2D eigenvalue weighted by Gasteiger charge is -2.16. The van der Waals surface area contributed by atoms with Crippen molar-refractivity contribution in [3.05, 3.63) is 69.7 Å². The van der Waals surface area contributed by atoms with Crippen LogP contribution in [0.15, 0.2) is 59.2 Å². The summed E-state index contributed by atoms with van der Waals surface area (Å²) in [5, 5.41) is 19.4. The van der Waals surface area contributed by atoms with Crippen molar-refractivity contribution in [3.8, 4) is 5.88 Å². The highest BCUT2D eigenvalue weighted by Gasteiger charge is 2.12. The standard InChI is InChI=1S/C25H25N9OS/c1-33(2)23-30-22(31-24(32-23)34(3)4)27-16-9-11-17(12-10-16)28-25-29-21(35)20(36-25)14-18-13-15-7-5-6-8-19(15)26-18/h5-14,35H,1-4H3,(H,28,29)(H,27,30,31,32)/b18-14+. The highest BCUT2D eigenvalue weighted by molar-refractivity contribution is 7.16. The van der Waals surface area contributed by atoms with Crippen molar-refractivity contribution in [3.63, 3.8) is 0 Å². The van der Waals surface area contributed by atoms with E-state index in [4.69, 9.17) is 0 Å². The molecule has 0 amide bonds. The highest BCUT2D eigenvalue weighted by atomic mass is 32.1. The minimum Gasteiger partial charge on any atom is -0.492 e. The van der Waals surface area contributed by atoms with E-state index >= 15 is 0 Å². The molecule has 0 aliphatic carbocycles. The van der Waals surface area contributed by atoms with Gasteiger partial charge in [-0.15, -0.1) is 0 Å². The quantitative estimate of drug-likeness (QED) is 0.353. The maximum absolute atomic E-state index is 10.3. The van der Waals surface area contributed by atoms with Crippen LogP contribution in [0.25, 0.3) is 12.2 Å². The van der Waals surface area contributed by atoms with Gasteiger partial charge in [0.1, 0.15) is 0 Å². The maximum Gasteiger partial charge on any atom is 0.233 e. The molecule has 0 unspecified atom stereocenters. The van der Waals surface area contributed by atoms with Crippen LogP contribution >= 0.6 is 11.3 Å². The average Bonchev–Trinajstić information content (AvgIpc) is 3.42. The molecule has 0 fully saturated rings. The Morgan fingerprint density at radius 2 is 1.44 bits per heavy atom. The molecule has 11 heteroatoms. The van der Waals surface area contributed by atoms with E-state index in [2.05, 4.69) is 35.6 Å². The van der Waals surface area contributed by atoms with Crippen molar-refractivity contribution in [2.24, 2.45) is 4.99 Å². The number of fused-ring (bicyclic) bond motifs is 1. The second kappa shape index (κ2) is 9.62. The van der Waals surface area contributed by atoms with E-state index in [1.807, 2.05) is 98.7 Å². The van der Waals surface area contributed by atoms with E-state index < -0.39 is 0 Å². The number of hydrogen-bond acceptors (Lipinski definition) is 11. The Kier molecular flexibility index (Phi) is 6.21. The predicted octanol–water partition coefficient (Wildman–Crippen LogP) is 3.11. The number of thiazole rings is 1. The third-order valence-electron chi connectivity index (χ3n) is 5.21. The number of anilines is 6. The number of hydrogen-bond donors (Lipinski definition) is 3. The largest absolute Gasteiger partial charge is 0.492 e. The summed E-state index contributed by atoms with van der Waals surface area (Å²) in [5.74, 6) is 1.56. The van der Waals surface area contributed by atoms with Crippen LogP contribution in [0, 0.1) is 0 Å². The van der Waals surface area contributed by atoms with Crippen LogP contribution in [0.1, 0.15) is 4.88 Å². The normalized spacial score (nSPS) is 13.1. The van der Waals surface area contributed by atoms with Gasteiger partial charge in [-0.2, -0.15) is 19.9 Å². The Labute approximate surface area is 212 Å². The van der Waals surface area contributed by atoms with Gasteiger partial charge in [0, 0.05) is 44.8 Å². The van der Waals surface area contributed by atoms with E-state index in [9.17, 15) is 5.11 Å². The van der Waals surface area contributed by atoms with E-state index in [-0.39, 0.29) is 5.88 Å². The fourth-order valence-electron chi connectivity index (χ4n) is 3.42. The first-order valence-corrected chi connectivity index (χ1v) is 12.0. The van der Waals surface area contributed by atoms with Crippen molar-refractivity contribution in [2.45, 2.75) is 0 Å². The lowest BCUT2D eigenvalue weighted by molar-refractivity contribution is 0.457. The molecule has 1 aliphatic rings. The first kappa shape index (κ1) is 23.2. The van der Waals surface area contributed by atoms with Crippen molar-refractivity contribution in [1.29, 1.82) is 0 Å². The van der Waals surface area contributed by atoms with Gasteiger partial charge < -0.3 is 25.5 Å². The topological polar surface area (TPSA) is 115 Å². The van der Waals surface area contributed by atoms with Gasteiger partial charge in [-0.3, -0.25) is 0 Å². The van der Waals surface area contributed by atoms with Crippen LogP contribution in [0.2, 0.25) is 0 Å². The molecule has 0 atom stereocenters. The second-order valence-electron chi connectivity index (χ2n) is 8.47. The summed E-state index contributed by atoms with van der Waals surface area (Å²) in [4.78, 5) is 26.5. The molecule has 36 heavy (non-hydrogen) atoms. The van der Waals surface area contributed by atoms with Gasteiger partial charge in [-0.05, 0) is 42.5 Å². The molecule has 3 N–H and O–H groups in total. The van der Waals surface area contributed by atoms with Gasteiger partial charge in [0.05, 0.1) is 15.9 Å². The molecular formula is C25H25N9OS. The minimum absolute atomic E-state index is 0.0314. The van der Waals surface area contributed by atoms with Crippen molar-refractivity contribution < 1.29 is 5.11 Å². The third kappa shape index (κ3) is 5.10. The van der Waals surface area contributed by atoms with Gasteiger partial charge in [0.2, 0.25) is 23.7 Å². The number of para-hydroxylation sites is 1. The summed E-state index contributed by atoms with van der Waals surface area (Å²) in [6.07, 6.45) is 3.83. The van der Waals surface area contributed by atoms with Gasteiger partial charge in [-0.25, -0.2) is 4.99 Å². The molecule has 182 valence electrons. The number of nitrogens with one attached hydrogen (secondary N) is 2. The average molecular weight is 500 g/mol. The Morgan fingerprint density at radius 3 is 2.08 bits per heavy atom. The van der Waals surface area contributed by atoms with Crippen LogP contribution in [-0.4, -0.2) is 53.2 Å². The number of benzene rings is 2. The molecule has 0 bridgehead atoms. The van der Waals surface area contributed by atoms with Crippen molar-refractivity contribution in [2.75, 3.05) is 48.6 Å². The smallest absolute Gasteiger partial charge is 0.233 e. The first-order chi connectivity index (χ1) is 17.3. The number of aromatic nitrogens is 4. The number of rotatable bonds is 7. The fraction of sp³-hybridized carbons (Fsp3) is 0.160. The fourth-order valence-corrected chi connectivity index (χ4v) is 4.25. The lowest BCUT2D eigenvalue weighted by Crippen LogP contribution is -2.19. The summed E-state index contributed by atoms with van der Waals surface area (Å²) < 4.78 is 0. The van der Waals surface area contributed by atoms with Crippen LogP contribution in [-0.2, 0) is 0 Å². The van der Waals surface area contributed by atoms with E-state index in [0.717, 1.165) is 27.6 Å². The van der Waals surface area contributed by atoms with Gasteiger partial charge in [-0.1, -0.05) is 29.5 Å². The zero-order valence-electron chi connectivity index (χ0n) is 20.3. The Balaban J connectivity index is 1.29. The SMILES string of the molecule is CN(C)c1nc(Nc2ccc(Nc3nc(O)c(/C=C4\C=c5ccccc5=N4)s3)cc2)nc(N(C)C)n1. The van der Waals surface area contributed by atoms with E-state index in [1.165, 1.54) is 11.3 Å². The van der Waals surface area contributed by atoms with E-state index in [0.29, 0.717) is 27.9 Å². The molecule has 5 rings (SSSR count). The molecular weight excluding hydrogens is 474 g/mol. The van der Waals surface area contributed by atoms with Crippen molar-refractivity contribution in [1.82, 2.24) is 19.9 Å². The lowest BCUT2D eigenvalue weighted by atomic mass is 10.3. The Hall–Kier alpha value is -4.51. The monoisotopic (exact) mass is 499 g/mol. The third-order valence-corrected chi connectivity index (χ3v) is 6.11. The molecule has 0 spiro atoms. The molecule has 1 aliphatic heterocycles.